The maximum atomic E-state index is 13.1. The molecule has 0 spiro atoms. The highest BCUT2D eigenvalue weighted by atomic mass is 19.4. The zero-order valence-corrected chi connectivity index (χ0v) is 17.9. The Morgan fingerprint density at radius 3 is 2.79 bits per heavy atom. The van der Waals surface area contributed by atoms with Crippen LogP contribution in [0.1, 0.15) is 24.1 Å². The molecule has 3 heterocycles. The number of hydrogen-bond acceptors (Lipinski definition) is 4. The number of alkyl halides is 3. The van der Waals surface area contributed by atoms with Crippen LogP contribution in [0.4, 0.5) is 29.5 Å². The first kappa shape index (κ1) is 22.6. The lowest BCUT2D eigenvalue weighted by Gasteiger charge is -2.22. The van der Waals surface area contributed by atoms with Gasteiger partial charge in [0.2, 0.25) is 0 Å². The van der Waals surface area contributed by atoms with Gasteiger partial charge in [-0.25, -0.2) is 9.78 Å². The van der Waals surface area contributed by atoms with Crippen molar-refractivity contribution in [3.05, 3.63) is 72.1 Å². The number of carbonyl (C=O) groups excluding carboxylic acids is 1. The fraction of sp³-hybridized carbons (Fsp3) is 0.292. The van der Waals surface area contributed by atoms with Crippen LogP contribution in [0.2, 0.25) is 0 Å². The number of nitrogens with zero attached hydrogens (tertiary/aromatic N) is 3. The van der Waals surface area contributed by atoms with Crippen molar-refractivity contribution in [2.24, 2.45) is 0 Å². The number of hydrogen-bond donors (Lipinski definition) is 2. The van der Waals surface area contributed by atoms with E-state index in [0.717, 1.165) is 37.1 Å². The summed E-state index contributed by atoms with van der Waals surface area (Å²) in [6.07, 6.45) is -0.500. The van der Waals surface area contributed by atoms with Crippen LogP contribution in [0.5, 0.6) is 0 Å². The number of pyridine rings is 2. The Kier molecular flexibility index (Phi) is 6.76. The fourth-order valence-electron chi connectivity index (χ4n) is 3.68. The number of rotatable bonds is 5. The molecule has 2 aromatic heterocycles. The number of aromatic nitrogens is 2. The first-order valence-corrected chi connectivity index (χ1v) is 10.8. The molecule has 3 aromatic rings. The van der Waals surface area contributed by atoms with Gasteiger partial charge >= 0.3 is 12.2 Å². The normalized spacial score (nSPS) is 13.6. The number of urea groups is 1. The summed E-state index contributed by atoms with van der Waals surface area (Å²) in [5.41, 5.74) is 1.61. The van der Waals surface area contributed by atoms with Crippen LogP contribution in [0.25, 0.3) is 11.3 Å². The van der Waals surface area contributed by atoms with E-state index in [2.05, 4.69) is 20.6 Å². The summed E-state index contributed by atoms with van der Waals surface area (Å²) in [7, 11) is 0. The third-order valence-electron chi connectivity index (χ3n) is 5.35. The highest BCUT2D eigenvalue weighted by Crippen LogP contribution is 2.34. The second-order valence-corrected chi connectivity index (χ2v) is 7.73. The number of amides is 2. The SMILES string of the molecule is O=C(NCCCc1ccccn1)N1CCCNc2ccc(-c3cccc(C(F)(F)F)c3)nc21. The summed E-state index contributed by atoms with van der Waals surface area (Å²) in [4.78, 5) is 23.3. The van der Waals surface area contributed by atoms with Gasteiger partial charge in [-0.2, -0.15) is 13.2 Å². The molecule has 172 valence electrons. The van der Waals surface area contributed by atoms with Crippen molar-refractivity contribution in [3.8, 4) is 11.3 Å². The molecule has 0 unspecified atom stereocenters. The quantitative estimate of drug-likeness (QED) is 0.524. The van der Waals surface area contributed by atoms with Crippen molar-refractivity contribution in [2.45, 2.75) is 25.4 Å². The largest absolute Gasteiger partial charge is 0.416 e. The first-order valence-electron chi connectivity index (χ1n) is 10.8. The van der Waals surface area contributed by atoms with Crippen LogP contribution in [0, 0.1) is 0 Å². The number of aryl methyl sites for hydroxylation is 1. The monoisotopic (exact) mass is 455 g/mol. The highest BCUT2D eigenvalue weighted by molar-refractivity contribution is 5.95. The van der Waals surface area contributed by atoms with Crippen LogP contribution < -0.4 is 15.5 Å². The number of halogens is 3. The maximum Gasteiger partial charge on any atom is 0.416 e. The topological polar surface area (TPSA) is 70.2 Å². The van der Waals surface area contributed by atoms with Gasteiger partial charge in [0.05, 0.1) is 16.9 Å². The molecule has 2 N–H and O–H groups in total. The van der Waals surface area contributed by atoms with Gasteiger partial charge in [0, 0.05) is 37.1 Å². The third kappa shape index (κ3) is 5.60. The number of fused-ring (bicyclic) bond motifs is 1. The second kappa shape index (κ2) is 9.89. The minimum absolute atomic E-state index is 0.283. The Morgan fingerprint density at radius 2 is 2.00 bits per heavy atom. The molecule has 0 fully saturated rings. The summed E-state index contributed by atoms with van der Waals surface area (Å²) in [5.74, 6) is 0.407. The molecule has 0 radical (unpaired) electrons. The number of nitrogens with one attached hydrogen (secondary N) is 2. The van der Waals surface area contributed by atoms with Crippen molar-refractivity contribution in [1.82, 2.24) is 15.3 Å². The van der Waals surface area contributed by atoms with E-state index in [-0.39, 0.29) is 6.03 Å². The average Bonchev–Trinajstić information content (AvgIpc) is 3.04. The highest BCUT2D eigenvalue weighted by Gasteiger charge is 2.31. The molecule has 0 atom stereocenters. The summed E-state index contributed by atoms with van der Waals surface area (Å²) in [6, 6.07) is 13.9. The average molecular weight is 455 g/mol. The van der Waals surface area contributed by atoms with Crippen molar-refractivity contribution in [3.63, 3.8) is 0 Å². The van der Waals surface area contributed by atoms with Crippen molar-refractivity contribution >= 4 is 17.5 Å². The lowest BCUT2D eigenvalue weighted by Crippen LogP contribution is -2.41. The Labute approximate surface area is 189 Å². The predicted molar refractivity (Wildman–Crippen MR) is 121 cm³/mol. The van der Waals surface area contributed by atoms with Gasteiger partial charge in [-0.1, -0.05) is 18.2 Å². The zero-order valence-electron chi connectivity index (χ0n) is 17.9. The second-order valence-electron chi connectivity index (χ2n) is 7.73. The van der Waals surface area contributed by atoms with E-state index < -0.39 is 11.7 Å². The van der Waals surface area contributed by atoms with E-state index in [0.29, 0.717) is 42.4 Å². The molecule has 0 bridgehead atoms. The third-order valence-corrected chi connectivity index (χ3v) is 5.35. The number of anilines is 2. The Hall–Kier alpha value is -3.62. The van der Waals surface area contributed by atoms with Crippen LogP contribution in [0.3, 0.4) is 0 Å². The summed E-state index contributed by atoms with van der Waals surface area (Å²) >= 11 is 0. The molecule has 1 aromatic carbocycles. The fourth-order valence-corrected chi connectivity index (χ4v) is 3.68. The van der Waals surface area contributed by atoms with Crippen LogP contribution in [0.15, 0.2) is 60.8 Å². The van der Waals surface area contributed by atoms with Gasteiger partial charge < -0.3 is 10.6 Å². The van der Waals surface area contributed by atoms with Crippen molar-refractivity contribution in [2.75, 3.05) is 29.9 Å². The molecule has 1 aliphatic rings. The molecular weight excluding hydrogens is 431 g/mol. The van der Waals surface area contributed by atoms with Crippen molar-refractivity contribution < 1.29 is 18.0 Å². The van der Waals surface area contributed by atoms with Crippen LogP contribution in [-0.4, -0.2) is 35.6 Å². The standard InChI is InChI=1S/C24H24F3N5O/c25-24(26,27)18-7-3-6-17(16-18)20-10-11-21-22(31-20)32(15-5-14-29-21)23(33)30-13-4-9-19-8-1-2-12-28-19/h1-3,6-8,10-12,16,29H,4-5,9,13-15H2,(H,30,33). The Balaban J connectivity index is 1.50. The van der Waals surface area contributed by atoms with Gasteiger partial charge in [-0.15, -0.1) is 0 Å². The molecule has 1 aliphatic heterocycles. The first-order chi connectivity index (χ1) is 15.9. The Morgan fingerprint density at radius 1 is 1.12 bits per heavy atom. The van der Waals surface area contributed by atoms with Crippen molar-refractivity contribution in [1.29, 1.82) is 0 Å². The van der Waals surface area contributed by atoms with Gasteiger partial charge in [-0.3, -0.25) is 9.88 Å². The summed E-state index contributed by atoms with van der Waals surface area (Å²) in [6.45, 7) is 1.59. The lowest BCUT2D eigenvalue weighted by atomic mass is 10.1. The smallest absolute Gasteiger partial charge is 0.382 e. The van der Waals surface area contributed by atoms with E-state index >= 15 is 0 Å². The van der Waals surface area contributed by atoms with Crippen LogP contribution >= 0.6 is 0 Å². The number of carbonyl (C=O) groups is 1. The molecule has 2 amide bonds. The molecule has 0 saturated heterocycles. The van der Waals surface area contributed by atoms with E-state index in [4.69, 9.17) is 0 Å². The summed E-state index contributed by atoms with van der Waals surface area (Å²) in [5, 5.41) is 6.16. The minimum Gasteiger partial charge on any atom is -0.382 e. The van der Waals surface area contributed by atoms with E-state index in [9.17, 15) is 18.0 Å². The van der Waals surface area contributed by atoms with Gasteiger partial charge in [0.25, 0.3) is 0 Å². The molecule has 6 nitrogen and oxygen atoms in total. The van der Waals surface area contributed by atoms with Gasteiger partial charge in [0.15, 0.2) is 5.82 Å². The predicted octanol–water partition coefficient (Wildman–Crippen LogP) is 5.13. The molecule has 33 heavy (non-hydrogen) atoms. The lowest BCUT2D eigenvalue weighted by molar-refractivity contribution is -0.137. The summed E-state index contributed by atoms with van der Waals surface area (Å²) < 4.78 is 39.4. The minimum atomic E-state index is -4.44. The van der Waals surface area contributed by atoms with Gasteiger partial charge in [-0.05, 0) is 55.7 Å². The van der Waals surface area contributed by atoms with E-state index in [1.807, 2.05) is 18.2 Å². The maximum absolute atomic E-state index is 13.1. The molecule has 0 saturated carbocycles. The molecule has 4 rings (SSSR count). The number of benzene rings is 1. The molecular formula is C24H24F3N5O. The van der Waals surface area contributed by atoms with Crippen LogP contribution in [-0.2, 0) is 12.6 Å². The zero-order chi connectivity index (χ0) is 23.3. The molecule has 9 heteroatoms. The van der Waals surface area contributed by atoms with E-state index in [1.54, 1.807) is 29.3 Å². The van der Waals surface area contributed by atoms with Gasteiger partial charge in [0.1, 0.15) is 0 Å². The van der Waals surface area contributed by atoms with E-state index in [1.165, 1.54) is 6.07 Å². The molecule has 0 aliphatic carbocycles. The Bertz CT molecular complexity index is 1100.